The number of hydrogen-bond donors (Lipinski definition) is 3. The van der Waals surface area contributed by atoms with E-state index in [1.807, 2.05) is 0 Å². The molecule has 18 heavy (non-hydrogen) atoms. The number of aliphatic hydroxyl groups excluding tert-OH is 1. The van der Waals surface area contributed by atoms with E-state index in [0.29, 0.717) is 28.9 Å². The second-order valence-corrected chi connectivity index (χ2v) is 7.38. The van der Waals surface area contributed by atoms with E-state index in [-0.39, 0.29) is 6.10 Å². The Hall–Kier alpha value is -0.260. The van der Waals surface area contributed by atoms with Gasteiger partial charge in [0.1, 0.15) is 6.04 Å². The fourth-order valence-corrected chi connectivity index (χ4v) is 4.81. The van der Waals surface area contributed by atoms with E-state index in [9.17, 15) is 9.90 Å². The fraction of sp³-hybridized carbons (Fsp3) is 0.923. The van der Waals surface area contributed by atoms with Gasteiger partial charge in [0.15, 0.2) is 0 Å². The Bertz CT molecular complexity index is 334. The molecule has 3 fully saturated rings. The monoisotopic (exact) mass is 273 g/mol. The molecule has 5 heteroatoms. The molecule has 104 valence electrons. The normalized spacial score (nSPS) is 38.9. The minimum absolute atomic E-state index is 0.213. The molecular formula is C13H23NO3S. The third-order valence-electron chi connectivity index (χ3n) is 5.01. The van der Waals surface area contributed by atoms with Crippen LogP contribution in [0.25, 0.3) is 0 Å². The van der Waals surface area contributed by atoms with Gasteiger partial charge in [-0.3, -0.25) is 4.79 Å². The summed E-state index contributed by atoms with van der Waals surface area (Å²) in [5, 5.41) is 18.8. The lowest BCUT2D eigenvalue weighted by Gasteiger charge is -2.61. The molecule has 0 unspecified atom stereocenters. The van der Waals surface area contributed by atoms with Gasteiger partial charge in [0.05, 0.1) is 6.10 Å². The van der Waals surface area contributed by atoms with Crippen molar-refractivity contribution >= 4 is 17.7 Å². The summed E-state index contributed by atoms with van der Waals surface area (Å²) in [7, 11) is 0. The lowest BCUT2D eigenvalue weighted by atomic mass is 9.45. The van der Waals surface area contributed by atoms with Crippen LogP contribution in [0.1, 0.15) is 26.7 Å². The topological polar surface area (TPSA) is 83.5 Å². The van der Waals surface area contributed by atoms with Gasteiger partial charge in [0.2, 0.25) is 0 Å². The second kappa shape index (κ2) is 5.02. The summed E-state index contributed by atoms with van der Waals surface area (Å²) >= 11 is 1.56. The molecule has 0 aromatic carbocycles. The quantitative estimate of drug-likeness (QED) is 0.700. The number of carboxylic acid groups (broad SMARTS) is 1. The first kappa shape index (κ1) is 14.2. The SMILES string of the molecule is CC1(C)[C@H]2C[C@H](O)[C@@H](CSC[C@H](N)C(=O)O)[C@@H]1C2. The molecule has 0 amide bonds. The first-order chi connectivity index (χ1) is 8.34. The van der Waals surface area contributed by atoms with Crippen LogP contribution in [0.15, 0.2) is 0 Å². The van der Waals surface area contributed by atoms with E-state index in [1.54, 1.807) is 11.8 Å². The summed E-state index contributed by atoms with van der Waals surface area (Å²) in [5.74, 6) is 1.85. The van der Waals surface area contributed by atoms with Gasteiger partial charge >= 0.3 is 5.97 Å². The van der Waals surface area contributed by atoms with Crippen molar-refractivity contribution in [3.05, 3.63) is 0 Å². The van der Waals surface area contributed by atoms with E-state index in [2.05, 4.69) is 13.8 Å². The van der Waals surface area contributed by atoms with Crippen LogP contribution in [-0.4, -0.2) is 39.8 Å². The highest BCUT2D eigenvalue weighted by atomic mass is 32.2. The van der Waals surface area contributed by atoms with Crippen LogP contribution < -0.4 is 5.73 Å². The average molecular weight is 273 g/mol. The van der Waals surface area contributed by atoms with Gasteiger partial charge in [-0.15, -0.1) is 0 Å². The molecule has 0 radical (unpaired) electrons. The minimum atomic E-state index is -0.948. The smallest absolute Gasteiger partial charge is 0.321 e. The molecule has 5 atom stereocenters. The van der Waals surface area contributed by atoms with E-state index in [1.165, 1.54) is 6.42 Å². The summed E-state index contributed by atoms with van der Waals surface area (Å²) in [6.07, 6.45) is 1.91. The number of aliphatic hydroxyl groups is 1. The highest BCUT2D eigenvalue weighted by Gasteiger charge is 2.57. The number of nitrogens with two attached hydrogens (primary N) is 1. The van der Waals surface area contributed by atoms with Gasteiger partial charge in [0.25, 0.3) is 0 Å². The van der Waals surface area contributed by atoms with Gasteiger partial charge in [0, 0.05) is 5.75 Å². The lowest BCUT2D eigenvalue weighted by molar-refractivity contribution is -0.152. The molecule has 0 aliphatic heterocycles. The fourth-order valence-electron chi connectivity index (χ4n) is 3.55. The van der Waals surface area contributed by atoms with Crippen molar-refractivity contribution in [2.24, 2.45) is 28.9 Å². The highest BCUT2D eigenvalue weighted by Crippen LogP contribution is 2.61. The number of carbonyl (C=O) groups is 1. The number of fused-ring (bicyclic) bond motifs is 2. The maximum atomic E-state index is 10.6. The molecule has 3 aliphatic rings. The molecule has 3 aliphatic carbocycles. The van der Waals surface area contributed by atoms with Crippen molar-refractivity contribution in [3.8, 4) is 0 Å². The molecule has 0 saturated heterocycles. The van der Waals surface area contributed by atoms with Gasteiger partial charge in [-0.2, -0.15) is 11.8 Å². The molecule has 4 nitrogen and oxygen atoms in total. The minimum Gasteiger partial charge on any atom is -0.480 e. The Labute approximate surface area is 112 Å². The maximum Gasteiger partial charge on any atom is 0.321 e. The van der Waals surface area contributed by atoms with Crippen molar-refractivity contribution in [1.82, 2.24) is 0 Å². The zero-order valence-corrected chi connectivity index (χ0v) is 11.8. The molecule has 0 aromatic heterocycles. The predicted molar refractivity (Wildman–Crippen MR) is 72.4 cm³/mol. The Kier molecular flexibility index (Phi) is 3.95. The Morgan fingerprint density at radius 2 is 2.17 bits per heavy atom. The molecule has 4 N–H and O–H groups in total. The molecule has 3 rings (SSSR count). The largest absolute Gasteiger partial charge is 0.480 e. The lowest BCUT2D eigenvalue weighted by Crippen LogP contribution is -2.58. The van der Waals surface area contributed by atoms with Crippen molar-refractivity contribution in [2.75, 3.05) is 11.5 Å². The van der Waals surface area contributed by atoms with Crippen LogP contribution in [0.2, 0.25) is 0 Å². The molecule has 0 aromatic rings. The number of rotatable bonds is 5. The average Bonchev–Trinajstić information content (AvgIpc) is 2.30. The van der Waals surface area contributed by atoms with Crippen LogP contribution in [0, 0.1) is 23.2 Å². The summed E-state index contributed by atoms with van der Waals surface area (Å²) in [5.41, 5.74) is 5.83. The number of aliphatic carboxylic acids is 1. The predicted octanol–water partition coefficient (Wildman–Crippen LogP) is 1.17. The number of thioether (sulfide) groups is 1. The van der Waals surface area contributed by atoms with E-state index < -0.39 is 12.0 Å². The van der Waals surface area contributed by atoms with Crippen LogP contribution in [0.3, 0.4) is 0 Å². The van der Waals surface area contributed by atoms with Gasteiger partial charge in [-0.1, -0.05) is 13.8 Å². The van der Waals surface area contributed by atoms with Crippen LogP contribution in [0.4, 0.5) is 0 Å². The third-order valence-corrected chi connectivity index (χ3v) is 6.22. The van der Waals surface area contributed by atoms with Gasteiger partial charge < -0.3 is 15.9 Å². The Morgan fingerprint density at radius 3 is 2.72 bits per heavy atom. The van der Waals surface area contributed by atoms with Crippen molar-refractivity contribution in [2.45, 2.75) is 38.8 Å². The summed E-state index contributed by atoms with van der Waals surface area (Å²) in [6, 6.07) is -0.794. The van der Waals surface area contributed by atoms with Crippen LogP contribution in [0.5, 0.6) is 0 Å². The van der Waals surface area contributed by atoms with E-state index in [4.69, 9.17) is 10.8 Å². The zero-order valence-electron chi connectivity index (χ0n) is 11.0. The summed E-state index contributed by atoms with van der Waals surface area (Å²) in [4.78, 5) is 10.6. The Morgan fingerprint density at radius 1 is 1.50 bits per heavy atom. The molecule has 2 bridgehead atoms. The van der Waals surface area contributed by atoms with E-state index >= 15 is 0 Å². The molecular weight excluding hydrogens is 250 g/mol. The summed E-state index contributed by atoms with van der Waals surface area (Å²) in [6.45, 7) is 4.58. The van der Waals surface area contributed by atoms with Gasteiger partial charge in [-0.25, -0.2) is 0 Å². The van der Waals surface area contributed by atoms with Crippen LogP contribution in [-0.2, 0) is 4.79 Å². The van der Waals surface area contributed by atoms with Crippen molar-refractivity contribution in [1.29, 1.82) is 0 Å². The first-order valence-corrected chi connectivity index (χ1v) is 7.73. The zero-order chi connectivity index (χ0) is 13.5. The molecule has 3 saturated carbocycles. The first-order valence-electron chi connectivity index (χ1n) is 6.58. The highest BCUT2D eigenvalue weighted by molar-refractivity contribution is 7.99. The number of carboxylic acids is 1. The maximum absolute atomic E-state index is 10.6. The molecule has 0 spiro atoms. The van der Waals surface area contributed by atoms with E-state index in [0.717, 1.165) is 12.2 Å². The van der Waals surface area contributed by atoms with Crippen molar-refractivity contribution < 1.29 is 15.0 Å². The van der Waals surface area contributed by atoms with Crippen molar-refractivity contribution in [3.63, 3.8) is 0 Å². The number of hydrogen-bond acceptors (Lipinski definition) is 4. The Balaban J connectivity index is 1.83. The van der Waals surface area contributed by atoms with Gasteiger partial charge in [-0.05, 0) is 41.8 Å². The summed E-state index contributed by atoms with van der Waals surface area (Å²) < 4.78 is 0. The van der Waals surface area contributed by atoms with Crippen LogP contribution >= 0.6 is 11.8 Å². The third kappa shape index (κ3) is 2.40. The second-order valence-electron chi connectivity index (χ2n) is 6.31. The standard InChI is InChI=1S/C13H23NO3S/c1-13(2)7-3-9(13)8(11(15)4-7)5-18-6-10(14)12(16)17/h7-11,15H,3-6,14H2,1-2H3,(H,16,17)/t7-,8+,9+,10+,11+/m1/s1. The molecule has 0 heterocycles.